The Hall–Kier alpha value is -2.10. The van der Waals surface area contributed by atoms with Crippen LogP contribution in [0.2, 0.25) is 0 Å². The van der Waals surface area contributed by atoms with E-state index in [2.05, 4.69) is 36.4 Å². The Morgan fingerprint density at radius 2 is 2.14 bits per heavy atom. The second-order valence-corrected chi connectivity index (χ2v) is 6.41. The van der Waals surface area contributed by atoms with Crippen LogP contribution in [0.3, 0.4) is 0 Å². The lowest BCUT2D eigenvalue weighted by Gasteiger charge is -2.15. The summed E-state index contributed by atoms with van der Waals surface area (Å²) in [5.41, 5.74) is 4.83. The molecule has 1 atom stereocenters. The van der Waals surface area contributed by atoms with Crippen LogP contribution >= 0.6 is 0 Å². The van der Waals surface area contributed by atoms with E-state index in [1.54, 1.807) is 4.68 Å². The zero-order valence-corrected chi connectivity index (χ0v) is 13.3. The number of rotatable bonds is 4. The van der Waals surface area contributed by atoms with Crippen molar-refractivity contribution in [3.05, 3.63) is 52.8 Å². The Morgan fingerprint density at radius 1 is 1.36 bits per heavy atom. The summed E-state index contributed by atoms with van der Waals surface area (Å²) in [5.74, 6) is 0.731. The van der Waals surface area contributed by atoms with Crippen molar-refractivity contribution in [1.29, 1.82) is 0 Å². The molecule has 0 unspecified atom stereocenters. The summed E-state index contributed by atoms with van der Waals surface area (Å²) in [4.78, 5) is 12.1. The number of fused-ring (bicyclic) bond motifs is 1. The molecule has 4 heteroatoms. The third kappa shape index (κ3) is 3.56. The molecule has 1 aromatic carbocycles. The number of nitrogens with one attached hydrogen (secondary N) is 1. The van der Waals surface area contributed by atoms with Gasteiger partial charge in [-0.3, -0.25) is 9.48 Å². The number of hydrogen-bond donors (Lipinski definition) is 1. The largest absolute Gasteiger partial charge is 0.350 e. The van der Waals surface area contributed by atoms with Crippen LogP contribution in [-0.4, -0.2) is 15.7 Å². The third-order valence-corrected chi connectivity index (χ3v) is 4.28. The van der Waals surface area contributed by atoms with Gasteiger partial charge in [0.15, 0.2) is 0 Å². The fourth-order valence-corrected chi connectivity index (χ4v) is 2.93. The molecule has 0 radical (unpaired) electrons. The molecule has 1 aliphatic carbocycles. The van der Waals surface area contributed by atoms with Crippen molar-refractivity contribution in [1.82, 2.24) is 15.1 Å². The first kappa shape index (κ1) is 14.8. The molecule has 1 N–H and O–H groups in total. The number of aryl methyl sites for hydroxylation is 2. The highest BCUT2D eigenvalue weighted by atomic mass is 16.2. The molecule has 1 heterocycles. The highest BCUT2D eigenvalue weighted by molar-refractivity contribution is 5.75. The molecule has 0 fully saturated rings. The number of nitrogens with zero attached hydrogens (tertiary/aromatic N) is 2. The highest BCUT2D eigenvalue weighted by Gasteiger charge is 2.19. The van der Waals surface area contributed by atoms with Gasteiger partial charge in [0.25, 0.3) is 0 Å². The Bertz CT molecular complexity index is 657. The molecule has 1 amide bonds. The van der Waals surface area contributed by atoms with Gasteiger partial charge in [-0.1, -0.05) is 36.8 Å². The first-order valence-corrected chi connectivity index (χ1v) is 7.97. The van der Waals surface area contributed by atoms with Crippen LogP contribution in [0.25, 0.3) is 0 Å². The van der Waals surface area contributed by atoms with E-state index in [0.717, 1.165) is 24.3 Å². The van der Waals surface area contributed by atoms with Crippen molar-refractivity contribution >= 4 is 5.91 Å². The zero-order valence-electron chi connectivity index (χ0n) is 13.3. The molecule has 0 saturated carbocycles. The van der Waals surface area contributed by atoms with Crippen molar-refractivity contribution in [3.8, 4) is 0 Å². The monoisotopic (exact) mass is 297 g/mol. The van der Waals surface area contributed by atoms with Gasteiger partial charge < -0.3 is 5.32 Å². The molecular formula is C18H23N3O. The van der Waals surface area contributed by atoms with Crippen molar-refractivity contribution < 1.29 is 4.79 Å². The molecule has 2 aromatic rings. The number of amides is 1. The van der Waals surface area contributed by atoms with Crippen LogP contribution in [0.1, 0.15) is 35.7 Å². The molecule has 0 bridgehead atoms. The average Bonchev–Trinajstić information content (AvgIpc) is 2.88. The van der Waals surface area contributed by atoms with E-state index in [0.29, 0.717) is 13.1 Å². The van der Waals surface area contributed by atoms with E-state index in [-0.39, 0.29) is 5.91 Å². The molecule has 3 rings (SSSR count). The normalized spacial score (nSPS) is 17.1. The number of benzene rings is 1. The predicted molar refractivity (Wildman–Crippen MR) is 86.4 cm³/mol. The number of carbonyl (C=O) groups is 1. The van der Waals surface area contributed by atoms with Crippen molar-refractivity contribution in [3.63, 3.8) is 0 Å². The van der Waals surface area contributed by atoms with Crippen molar-refractivity contribution in [2.45, 2.75) is 46.2 Å². The summed E-state index contributed by atoms with van der Waals surface area (Å²) in [6.45, 7) is 5.20. The van der Waals surface area contributed by atoms with Crippen LogP contribution in [0.5, 0.6) is 0 Å². The van der Waals surface area contributed by atoms with Gasteiger partial charge in [0.2, 0.25) is 5.91 Å². The molecule has 0 saturated heterocycles. The van der Waals surface area contributed by atoms with Gasteiger partial charge in [0.05, 0.1) is 5.69 Å². The van der Waals surface area contributed by atoms with Crippen LogP contribution in [-0.2, 0) is 30.7 Å². The second kappa shape index (κ2) is 6.34. The maximum Gasteiger partial charge on any atom is 0.241 e. The van der Waals surface area contributed by atoms with Gasteiger partial charge in [-0.2, -0.15) is 5.10 Å². The van der Waals surface area contributed by atoms with Gasteiger partial charge in [-0.05, 0) is 43.2 Å². The molecule has 1 aliphatic rings. The maximum absolute atomic E-state index is 12.1. The van der Waals surface area contributed by atoms with Crippen LogP contribution < -0.4 is 5.32 Å². The predicted octanol–water partition coefficient (Wildman–Crippen LogP) is 2.63. The maximum atomic E-state index is 12.1. The Labute approximate surface area is 131 Å². The lowest BCUT2D eigenvalue weighted by molar-refractivity contribution is -0.122. The Morgan fingerprint density at radius 3 is 2.91 bits per heavy atom. The molecule has 116 valence electrons. The SMILES string of the molecule is Cc1ccc(CNC(=O)Cn2cc3c(n2)CC[C@@H](C)C3)cc1. The van der Waals surface area contributed by atoms with E-state index in [9.17, 15) is 4.79 Å². The first-order chi connectivity index (χ1) is 10.6. The summed E-state index contributed by atoms with van der Waals surface area (Å²) < 4.78 is 1.78. The van der Waals surface area contributed by atoms with Crippen LogP contribution in [0.4, 0.5) is 0 Å². The summed E-state index contributed by atoms with van der Waals surface area (Å²) >= 11 is 0. The van der Waals surface area contributed by atoms with Gasteiger partial charge in [0, 0.05) is 12.7 Å². The summed E-state index contributed by atoms with van der Waals surface area (Å²) in [6, 6.07) is 8.21. The molecule has 22 heavy (non-hydrogen) atoms. The summed E-state index contributed by atoms with van der Waals surface area (Å²) in [5, 5.41) is 7.50. The van der Waals surface area contributed by atoms with Gasteiger partial charge >= 0.3 is 0 Å². The van der Waals surface area contributed by atoms with E-state index in [4.69, 9.17) is 0 Å². The van der Waals surface area contributed by atoms with Crippen molar-refractivity contribution in [2.75, 3.05) is 0 Å². The van der Waals surface area contributed by atoms with Crippen molar-refractivity contribution in [2.24, 2.45) is 5.92 Å². The minimum absolute atomic E-state index is 0.00784. The highest BCUT2D eigenvalue weighted by Crippen LogP contribution is 2.23. The lowest BCUT2D eigenvalue weighted by atomic mass is 9.89. The third-order valence-electron chi connectivity index (χ3n) is 4.28. The van der Waals surface area contributed by atoms with Crippen LogP contribution in [0.15, 0.2) is 30.5 Å². The first-order valence-electron chi connectivity index (χ1n) is 7.97. The van der Waals surface area contributed by atoms with Gasteiger partial charge in [-0.25, -0.2) is 0 Å². The van der Waals surface area contributed by atoms with Crippen LogP contribution in [0, 0.1) is 12.8 Å². The Kier molecular flexibility index (Phi) is 4.27. The molecular weight excluding hydrogens is 274 g/mol. The number of aromatic nitrogens is 2. The number of hydrogen-bond acceptors (Lipinski definition) is 2. The fraction of sp³-hybridized carbons (Fsp3) is 0.444. The van der Waals surface area contributed by atoms with E-state index in [1.165, 1.54) is 23.2 Å². The minimum Gasteiger partial charge on any atom is -0.350 e. The molecule has 4 nitrogen and oxygen atoms in total. The minimum atomic E-state index is 0.00784. The smallest absolute Gasteiger partial charge is 0.241 e. The lowest BCUT2D eigenvalue weighted by Crippen LogP contribution is -2.27. The van der Waals surface area contributed by atoms with Gasteiger partial charge in [-0.15, -0.1) is 0 Å². The molecule has 0 aliphatic heterocycles. The Balaban J connectivity index is 1.54. The summed E-state index contributed by atoms with van der Waals surface area (Å²) in [6.07, 6.45) is 5.36. The standard InChI is InChI=1S/C18H23N3O/c1-13-3-6-15(7-4-13)10-19-18(22)12-21-11-16-9-14(2)5-8-17(16)20-21/h3-4,6-7,11,14H,5,8-10,12H2,1-2H3,(H,19,22)/t14-/m1/s1. The quantitative estimate of drug-likeness (QED) is 0.943. The molecule has 1 aromatic heterocycles. The average molecular weight is 297 g/mol. The van der Waals surface area contributed by atoms with E-state index >= 15 is 0 Å². The van der Waals surface area contributed by atoms with Gasteiger partial charge in [0.1, 0.15) is 6.54 Å². The topological polar surface area (TPSA) is 46.9 Å². The van der Waals surface area contributed by atoms with E-state index < -0.39 is 0 Å². The number of carbonyl (C=O) groups excluding carboxylic acids is 1. The molecule has 0 spiro atoms. The summed E-state index contributed by atoms with van der Waals surface area (Å²) in [7, 11) is 0. The van der Waals surface area contributed by atoms with E-state index in [1.807, 2.05) is 18.3 Å². The zero-order chi connectivity index (χ0) is 15.5. The second-order valence-electron chi connectivity index (χ2n) is 6.41. The fourth-order valence-electron chi connectivity index (χ4n) is 2.93.